The molecule has 1 N–H and O–H groups in total. The van der Waals surface area contributed by atoms with Gasteiger partial charge in [-0.3, -0.25) is 0 Å². The molecule has 5 heteroatoms. The molecule has 0 saturated heterocycles. The molecule has 112 valence electrons. The minimum Gasteiger partial charge on any atom is -0.381 e. The van der Waals surface area contributed by atoms with Crippen LogP contribution in [0.1, 0.15) is 39.5 Å². The van der Waals surface area contributed by atoms with Gasteiger partial charge in [0.1, 0.15) is 0 Å². The molecule has 2 rings (SSSR count). The third kappa shape index (κ3) is 3.47. The summed E-state index contributed by atoms with van der Waals surface area (Å²) in [4.78, 5) is 0.304. The van der Waals surface area contributed by atoms with Crippen molar-refractivity contribution in [2.75, 3.05) is 11.6 Å². The van der Waals surface area contributed by atoms with E-state index in [1.807, 2.05) is 0 Å². The Hall–Kier alpha value is -0.740. The van der Waals surface area contributed by atoms with E-state index in [-0.39, 0.29) is 5.41 Å². The van der Waals surface area contributed by atoms with E-state index in [1.165, 1.54) is 25.5 Å². The molecule has 1 aromatic rings. The Bertz CT molecular complexity index is 596. The second kappa shape index (κ2) is 5.57. The molecule has 1 aliphatic carbocycles. The first-order valence-corrected chi connectivity index (χ1v) is 9.23. The zero-order valence-corrected chi connectivity index (χ0v) is 13.8. The molecule has 1 unspecified atom stereocenters. The molecule has 0 bridgehead atoms. The second-order valence-corrected chi connectivity index (χ2v) is 8.77. The summed E-state index contributed by atoms with van der Waals surface area (Å²) in [7, 11) is -3.21. The van der Waals surface area contributed by atoms with E-state index in [4.69, 9.17) is 11.6 Å². The van der Waals surface area contributed by atoms with Crippen molar-refractivity contribution in [3.8, 4) is 0 Å². The lowest BCUT2D eigenvalue weighted by Gasteiger charge is -2.39. The zero-order chi connectivity index (χ0) is 15.0. The van der Waals surface area contributed by atoms with Crippen molar-refractivity contribution in [3.63, 3.8) is 0 Å². The molecule has 0 aromatic heterocycles. The van der Waals surface area contributed by atoms with Gasteiger partial charge in [-0.25, -0.2) is 8.42 Å². The molecule has 0 heterocycles. The van der Waals surface area contributed by atoms with Gasteiger partial charge in [0.05, 0.1) is 15.6 Å². The van der Waals surface area contributed by atoms with Crippen molar-refractivity contribution in [2.24, 2.45) is 5.41 Å². The number of rotatable bonds is 3. The van der Waals surface area contributed by atoms with Gasteiger partial charge in [0.2, 0.25) is 0 Å². The summed E-state index contributed by atoms with van der Waals surface area (Å²) >= 11 is 6.20. The van der Waals surface area contributed by atoms with Gasteiger partial charge in [0.25, 0.3) is 0 Å². The van der Waals surface area contributed by atoms with Crippen molar-refractivity contribution in [1.82, 2.24) is 0 Å². The van der Waals surface area contributed by atoms with Gasteiger partial charge in [-0.1, -0.05) is 38.3 Å². The first kappa shape index (κ1) is 15.6. The average molecular weight is 316 g/mol. The Labute approximate surface area is 126 Å². The zero-order valence-electron chi connectivity index (χ0n) is 12.2. The maximum Gasteiger partial charge on any atom is 0.175 e. The largest absolute Gasteiger partial charge is 0.381 e. The van der Waals surface area contributed by atoms with Gasteiger partial charge in [-0.15, -0.1) is 0 Å². The van der Waals surface area contributed by atoms with E-state index < -0.39 is 9.84 Å². The fourth-order valence-electron chi connectivity index (χ4n) is 2.79. The normalized spacial score (nSPS) is 22.5. The fourth-order valence-corrected chi connectivity index (χ4v) is 3.61. The molecule has 1 atom stereocenters. The van der Waals surface area contributed by atoms with Crippen LogP contribution in [-0.2, 0) is 9.84 Å². The van der Waals surface area contributed by atoms with Crippen molar-refractivity contribution < 1.29 is 8.42 Å². The second-order valence-electron chi connectivity index (χ2n) is 6.35. The summed E-state index contributed by atoms with van der Waals surface area (Å²) in [6.45, 7) is 4.50. The van der Waals surface area contributed by atoms with Crippen LogP contribution in [0.15, 0.2) is 23.1 Å². The summed E-state index contributed by atoms with van der Waals surface area (Å²) in [6.07, 6.45) is 5.93. The van der Waals surface area contributed by atoms with E-state index in [0.29, 0.717) is 16.0 Å². The fraction of sp³-hybridized carbons (Fsp3) is 0.600. The van der Waals surface area contributed by atoms with Crippen molar-refractivity contribution in [2.45, 2.75) is 50.5 Å². The molecular formula is C15H22ClNO2S. The third-order valence-electron chi connectivity index (χ3n) is 4.20. The molecular weight excluding hydrogens is 294 g/mol. The standard InChI is InChI=1S/C15H22ClNO2S/c1-15(2)9-5-4-6-14(15)17-13-10-11(20(3,18)19)7-8-12(13)16/h7-8,10,14,17H,4-6,9H2,1-3H3. The van der Waals surface area contributed by atoms with Gasteiger partial charge < -0.3 is 5.32 Å². The first-order chi connectivity index (χ1) is 9.20. The van der Waals surface area contributed by atoms with Crippen LogP contribution >= 0.6 is 11.6 Å². The van der Waals surface area contributed by atoms with Crippen LogP contribution in [0.3, 0.4) is 0 Å². The molecule has 1 saturated carbocycles. The molecule has 1 fully saturated rings. The lowest BCUT2D eigenvalue weighted by atomic mass is 9.73. The van der Waals surface area contributed by atoms with E-state index in [9.17, 15) is 8.42 Å². The van der Waals surface area contributed by atoms with Gasteiger partial charge in [0, 0.05) is 12.3 Å². The van der Waals surface area contributed by atoms with Crippen LogP contribution in [0.5, 0.6) is 0 Å². The third-order valence-corrected chi connectivity index (χ3v) is 5.64. The highest BCUT2D eigenvalue weighted by atomic mass is 35.5. The number of benzene rings is 1. The van der Waals surface area contributed by atoms with E-state index >= 15 is 0 Å². The highest BCUT2D eigenvalue weighted by Crippen LogP contribution is 2.38. The molecule has 1 aliphatic rings. The van der Waals surface area contributed by atoms with Gasteiger partial charge in [-0.2, -0.15) is 0 Å². The highest BCUT2D eigenvalue weighted by Gasteiger charge is 2.32. The topological polar surface area (TPSA) is 46.2 Å². The Morgan fingerprint density at radius 3 is 2.60 bits per heavy atom. The first-order valence-electron chi connectivity index (χ1n) is 6.96. The van der Waals surface area contributed by atoms with Gasteiger partial charge >= 0.3 is 0 Å². The Morgan fingerprint density at radius 1 is 1.30 bits per heavy atom. The number of sulfone groups is 1. The molecule has 0 amide bonds. The van der Waals surface area contributed by atoms with Crippen LogP contribution in [0.25, 0.3) is 0 Å². The van der Waals surface area contributed by atoms with Crippen LogP contribution in [-0.4, -0.2) is 20.7 Å². The van der Waals surface area contributed by atoms with Crippen molar-refractivity contribution in [3.05, 3.63) is 23.2 Å². The lowest BCUT2D eigenvalue weighted by molar-refractivity contribution is 0.217. The molecule has 20 heavy (non-hydrogen) atoms. The van der Waals surface area contributed by atoms with Crippen LogP contribution < -0.4 is 5.32 Å². The number of halogens is 1. The van der Waals surface area contributed by atoms with E-state index in [0.717, 1.165) is 12.1 Å². The number of hydrogen-bond donors (Lipinski definition) is 1. The summed E-state index contributed by atoms with van der Waals surface area (Å²) < 4.78 is 23.3. The van der Waals surface area contributed by atoms with Crippen molar-refractivity contribution >= 4 is 27.1 Å². The number of nitrogens with one attached hydrogen (secondary N) is 1. The van der Waals surface area contributed by atoms with Crippen LogP contribution in [0.2, 0.25) is 5.02 Å². The summed E-state index contributed by atoms with van der Waals surface area (Å²) in [5, 5.41) is 4.02. The van der Waals surface area contributed by atoms with Gasteiger partial charge in [0.15, 0.2) is 9.84 Å². The van der Waals surface area contributed by atoms with E-state index in [2.05, 4.69) is 19.2 Å². The molecule has 3 nitrogen and oxygen atoms in total. The van der Waals surface area contributed by atoms with Crippen LogP contribution in [0, 0.1) is 5.41 Å². The maximum atomic E-state index is 11.6. The minimum atomic E-state index is -3.21. The summed E-state index contributed by atoms with van der Waals surface area (Å²) in [5.41, 5.74) is 0.914. The predicted octanol–water partition coefficient (Wildman–Crippen LogP) is 4.12. The maximum absolute atomic E-state index is 11.6. The summed E-state index contributed by atoms with van der Waals surface area (Å²) in [5.74, 6) is 0. The Balaban J connectivity index is 2.29. The lowest BCUT2D eigenvalue weighted by Crippen LogP contribution is -2.39. The van der Waals surface area contributed by atoms with Crippen molar-refractivity contribution in [1.29, 1.82) is 0 Å². The number of hydrogen-bond acceptors (Lipinski definition) is 3. The molecule has 0 spiro atoms. The number of anilines is 1. The Morgan fingerprint density at radius 2 is 2.00 bits per heavy atom. The monoisotopic (exact) mass is 315 g/mol. The smallest absolute Gasteiger partial charge is 0.175 e. The van der Waals surface area contributed by atoms with Crippen LogP contribution in [0.4, 0.5) is 5.69 Å². The minimum absolute atomic E-state index is 0.197. The molecule has 1 aromatic carbocycles. The SMILES string of the molecule is CC1(C)CCCCC1Nc1cc(S(C)(=O)=O)ccc1Cl. The average Bonchev–Trinajstić information content (AvgIpc) is 2.32. The predicted molar refractivity (Wildman–Crippen MR) is 84.2 cm³/mol. The molecule has 0 aliphatic heterocycles. The Kier molecular flexibility index (Phi) is 4.35. The van der Waals surface area contributed by atoms with Gasteiger partial charge in [-0.05, 0) is 36.5 Å². The van der Waals surface area contributed by atoms with E-state index in [1.54, 1.807) is 18.2 Å². The highest BCUT2D eigenvalue weighted by molar-refractivity contribution is 7.90. The quantitative estimate of drug-likeness (QED) is 0.912. The molecule has 0 radical (unpaired) electrons. The summed E-state index contributed by atoms with van der Waals surface area (Å²) in [6, 6.07) is 5.16.